The van der Waals surface area contributed by atoms with Gasteiger partial charge in [0, 0.05) is 19.3 Å². The van der Waals surface area contributed by atoms with E-state index < -0.39 is 0 Å². The molecule has 0 unspecified atom stereocenters. The third-order valence-corrected chi connectivity index (χ3v) is 3.05. The van der Waals surface area contributed by atoms with Crippen LogP contribution in [0.5, 0.6) is 0 Å². The van der Waals surface area contributed by atoms with Gasteiger partial charge < -0.3 is 9.80 Å². The molecule has 16 heavy (non-hydrogen) atoms. The van der Waals surface area contributed by atoms with E-state index in [1.165, 1.54) is 4.90 Å². The minimum absolute atomic E-state index is 0.0823. The zero-order valence-corrected chi connectivity index (χ0v) is 9.43. The Labute approximate surface area is 95.3 Å². The summed E-state index contributed by atoms with van der Waals surface area (Å²) in [6, 6.07) is 4.21. The number of piperazine rings is 1. The van der Waals surface area contributed by atoms with E-state index in [1.807, 2.05) is 13.0 Å². The molecule has 0 amide bonds. The van der Waals surface area contributed by atoms with Crippen LogP contribution in [0.25, 0.3) is 0 Å². The molecule has 0 bridgehead atoms. The van der Waals surface area contributed by atoms with Crippen LogP contribution in [0.2, 0.25) is 0 Å². The summed E-state index contributed by atoms with van der Waals surface area (Å²) in [7, 11) is 0. The molecule has 1 fully saturated rings. The summed E-state index contributed by atoms with van der Waals surface area (Å²) in [4.78, 5) is 12.0. The Balaban J connectivity index is 1.94. The fraction of sp³-hybridized carbons (Fsp3) is 0.545. The van der Waals surface area contributed by atoms with Crippen LogP contribution < -0.4 is 9.80 Å². The van der Waals surface area contributed by atoms with E-state index >= 15 is 0 Å². The van der Waals surface area contributed by atoms with Crippen LogP contribution in [-0.2, 0) is 0 Å². The molecule has 1 aromatic rings. The highest BCUT2D eigenvalue weighted by atomic mass is 15.3. The van der Waals surface area contributed by atoms with E-state index in [9.17, 15) is 0 Å². The quantitative estimate of drug-likeness (QED) is 0.698. The van der Waals surface area contributed by atoms with E-state index in [2.05, 4.69) is 20.9 Å². The van der Waals surface area contributed by atoms with Gasteiger partial charge in [-0.3, -0.25) is 0 Å². The van der Waals surface area contributed by atoms with E-state index in [0.29, 0.717) is 0 Å². The molecular formula is C11H16N5+. The van der Waals surface area contributed by atoms with Crippen LogP contribution in [0, 0.1) is 11.3 Å². The highest BCUT2D eigenvalue weighted by molar-refractivity contribution is 5.28. The number of hydrogen-bond donors (Lipinski definition) is 1. The highest BCUT2D eigenvalue weighted by Gasteiger charge is 2.24. The van der Waals surface area contributed by atoms with Crippen molar-refractivity contribution in [2.24, 2.45) is 0 Å². The first-order chi connectivity index (χ1) is 7.81. The van der Waals surface area contributed by atoms with Gasteiger partial charge in [-0.05, 0) is 6.07 Å². The Kier molecular flexibility index (Phi) is 3.32. The Morgan fingerprint density at radius 3 is 2.56 bits per heavy atom. The topological polar surface area (TPSA) is 57.2 Å². The molecule has 1 aliphatic rings. The third-order valence-electron chi connectivity index (χ3n) is 3.05. The van der Waals surface area contributed by atoms with Gasteiger partial charge in [0.05, 0.1) is 26.2 Å². The summed E-state index contributed by atoms with van der Waals surface area (Å²) in [6.45, 7) is 5.78. The predicted molar refractivity (Wildman–Crippen MR) is 60.0 cm³/mol. The number of nitrogens with one attached hydrogen (secondary N) is 1. The molecule has 5 nitrogen and oxygen atoms in total. The second-order valence-corrected chi connectivity index (χ2v) is 4.04. The van der Waals surface area contributed by atoms with Crippen molar-refractivity contribution in [2.75, 3.05) is 31.1 Å². The lowest BCUT2D eigenvalue weighted by atomic mass is 10.2. The van der Waals surface area contributed by atoms with E-state index in [-0.39, 0.29) is 6.04 Å². The molecule has 1 aliphatic heterocycles. The molecule has 5 heteroatoms. The van der Waals surface area contributed by atoms with Crippen molar-refractivity contribution < 1.29 is 4.90 Å². The average Bonchev–Trinajstić information content (AvgIpc) is 2.39. The molecule has 0 aromatic carbocycles. The van der Waals surface area contributed by atoms with Gasteiger partial charge in [0.1, 0.15) is 6.07 Å². The van der Waals surface area contributed by atoms with Crippen molar-refractivity contribution in [3.05, 3.63) is 18.5 Å². The van der Waals surface area contributed by atoms with Gasteiger partial charge in [-0.1, -0.05) is 0 Å². The molecule has 2 rings (SSSR count). The van der Waals surface area contributed by atoms with Crippen molar-refractivity contribution >= 4 is 5.95 Å². The number of hydrogen-bond acceptors (Lipinski definition) is 4. The summed E-state index contributed by atoms with van der Waals surface area (Å²) >= 11 is 0. The van der Waals surface area contributed by atoms with Crippen molar-refractivity contribution in [3.63, 3.8) is 0 Å². The molecule has 84 valence electrons. The minimum Gasteiger partial charge on any atom is -0.330 e. The van der Waals surface area contributed by atoms with E-state index in [0.717, 1.165) is 32.1 Å². The highest BCUT2D eigenvalue weighted by Crippen LogP contribution is 2.04. The number of quaternary nitrogens is 1. The lowest BCUT2D eigenvalue weighted by Crippen LogP contribution is -3.17. The monoisotopic (exact) mass is 218 g/mol. The number of nitriles is 1. The van der Waals surface area contributed by atoms with Gasteiger partial charge in [-0.15, -0.1) is 0 Å². The van der Waals surface area contributed by atoms with Crippen LogP contribution >= 0.6 is 0 Å². The maximum absolute atomic E-state index is 8.86. The molecule has 0 radical (unpaired) electrons. The smallest absolute Gasteiger partial charge is 0.225 e. The van der Waals surface area contributed by atoms with E-state index in [1.54, 1.807) is 12.4 Å². The van der Waals surface area contributed by atoms with Crippen molar-refractivity contribution in [3.8, 4) is 6.07 Å². The lowest BCUT2D eigenvalue weighted by molar-refractivity contribution is -0.915. The molecular weight excluding hydrogens is 202 g/mol. The summed E-state index contributed by atoms with van der Waals surface area (Å²) in [5.74, 6) is 0.797. The van der Waals surface area contributed by atoms with Crippen molar-refractivity contribution in [1.29, 1.82) is 5.26 Å². The standard InChI is InChI=1S/C11H15N5/c1-10(9-12)15-5-7-16(8-6-15)11-13-3-2-4-14-11/h2-4,10H,5-8H2,1H3/p+1/t10-/m1/s1. The Morgan fingerprint density at radius 2 is 2.00 bits per heavy atom. The predicted octanol–water partition coefficient (Wildman–Crippen LogP) is -0.906. The summed E-state index contributed by atoms with van der Waals surface area (Å²) in [5, 5.41) is 8.86. The number of anilines is 1. The molecule has 1 aromatic heterocycles. The molecule has 0 aliphatic carbocycles. The van der Waals surface area contributed by atoms with Crippen LogP contribution in [0.4, 0.5) is 5.95 Å². The van der Waals surface area contributed by atoms with Crippen LogP contribution in [0.15, 0.2) is 18.5 Å². The van der Waals surface area contributed by atoms with Gasteiger partial charge >= 0.3 is 0 Å². The van der Waals surface area contributed by atoms with Crippen molar-refractivity contribution in [1.82, 2.24) is 9.97 Å². The van der Waals surface area contributed by atoms with Crippen LogP contribution in [0.3, 0.4) is 0 Å². The maximum atomic E-state index is 8.86. The number of nitrogens with zero attached hydrogens (tertiary/aromatic N) is 4. The second-order valence-electron chi connectivity index (χ2n) is 4.04. The molecule has 1 N–H and O–H groups in total. The van der Waals surface area contributed by atoms with Gasteiger partial charge in [0.2, 0.25) is 5.95 Å². The number of rotatable bonds is 2. The van der Waals surface area contributed by atoms with Gasteiger partial charge in [-0.25, -0.2) is 9.97 Å². The van der Waals surface area contributed by atoms with Crippen LogP contribution in [0.1, 0.15) is 6.92 Å². The maximum Gasteiger partial charge on any atom is 0.225 e. The lowest BCUT2D eigenvalue weighted by Gasteiger charge is -2.33. The zero-order valence-electron chi connectivity index (χ0n) is 9.43. The largest absolute Gasteiger partial charge is 0.330 e. The van der Waals surface area contributed by atoms with Gasteiger partial charge in [-0.2, -0.15) is 5.26 Å². The Morgan fingerprint density at radius 1 is 1.38 bits per heavy atom. The first kappa shape index (κ1) is 10.8. The SMILES string of the molecule is C[C@H](C#N)[NH+]1CCN(c2ncccn2)CC1. The minimum atomic E-state index is 0.0823. The normalized spacial score (nSPS) is 19.1. The van der Waals surface area contributed by atoms with Crippen LogP contribution in [-0.4, -0.2) is 42.2 Å². The number of aromatic nitrogens is 2. The summed E-state index contributed by atoms with van der Waals surface area (Å²) in [6.07, 6.45) is 3.53. The molecule has 0 saturated carbocycles. The molecule has 2 heterocycles. The zero-order chi connectivity index (χ0) is 11.4. The molecule has 1 saturated heterocycles. The van der Waals surface area contributed by atoms with Gasteiger partial charge in [0.25, 0.3) is 0 Å². The average molecular weight is 218 g/mol. The fourth-order valence-electron chi connectivity index (χ4n) is 1.97. The Bertz CT molecular complexity index is 364. The first-order valence-electron chi connectivity index (χ1n) is 5.57. The molecule has 0 spiro atoms. The molecule has 1 atom stereocenters. The summed E-state index contributed by atoms with van der Waals surface area (Å²) in [5.41, 5.74) is 0. The summed E-state index contributed by atoms with van der Waals surface area (Å²) < 4.78 is 0. The fourth-order valence-corrected chi connectivity index (χ4v) is 1.97. The Hall–Kier alpha value is -1.67. The van der Waals surface area contributed by atoms with Gasteiger partial charge in [0.15, 0.2) is 6.04 Å². The van der Waals surface area contributed by atoms with E-state index in [4.69, 9.17) is 5.26 Å². The van der Waals surface area contributed by atoms with Crippen molar-refractivity contribution in [2.45, 2.75) is 13.0 Å². The first-order valence-corrected chi connectivity index (χ1v) is 5.57. The third kappa shape index (κ3) is 2.28. The second kappa shape index (κ2) is 4.90.